The van der Waals surface area contributed by atoms with E-state index in [9.17, 15) is 24.1 Å². The highest BCUT2D eigenvalue weighted by molar-refractivity contribution is 7.98. The molecule has 0 bridgehead atoms. The Kier molecular flexibility index (Phi) is 7.51. The van der Waals surface area contributed by atoms with Crippen molar-refractivity contribution < 1.29 is 18.9 Å². The Labute approximate surface area is 165 Å². The van der Waals surface area contributed by atoms with Gasteiger partial charge in [-0.05, 0) is 49.1 Å². The van der Waals surface area contributed by atoms with Crippen molar-refractivity contribution in [2.45, 2.75) is 19.4 Å². The van der Waals surface area contributed by atoms with Crippen LogP contribution in [0, 0.1) is 22.9 Å². The molecule has 0 aliphatic heterocycles. The van der Waals surface area contributed by atoms with Crippen LogP contribution in [0.4, 0.5) is 15.8 Å². The summed E-state index contributed by atoms with van der Waals surface area (Å²) in [4.78, 5) is 35.3. The van der Waals surface area contributed by atoms with Gasteiger partial charge in [0.1, 0.15) is 11.9 Å². The largest absolute Gasteiger partial charge is 0.340 e. The van der Waals surface area contributed by atoms with Crippen LogP contribution in [0.3, 0.4) is 0 Å². The Morgan fingerprint density at radius 1 is 1.25 bits per heavy atom. The predicted octanol–water partition coefficient (Wildman–Crippen LogP) is 3.53. The number of nitro benzene ring substituents is 1. The molecule has 2 amide bonds. The monoisotopic (exact) mass is 405 g/mol. The summed E-state index contributed by atoms with van der Waals surface area (Å²) in [6.45, 7) is 1.73. The van der Waals surface area contributed by atoms with E-state index in [2.05, 4.69) is 10.6 Å². The van der Waals surface area contributed by atoms with E-state index in [4.69, 9.17) is 0 Å². The van der Waals surface area contributed by atoms with Crippen LogP contribution in [0.25, 0.3) is 0 Å². The van der Waals surface area contributed by atoms with Gasteiger partial charge in [-0.25, -0.2) is 4.39 Å². The van der Waals surface area contributed by atoms with Crippen molar-refractivity contribution >= 4 is 35.0 Å². The highest BCUT2D eigenvalue weighted by Gasteiger charge is 2.23. The maximum atomic E-state index is 14.0. The first kappa shape index (κ1) is 21.4. The van der Waals surface area contributed by atoms with Crippen LogP contribution in [0.1, 0.15) is 22.3 Å². The first-order valence-electron chi connectivity index (χ1n) is 8.43. The molecule has 9 heteroatoms. The lowest BCUT2D eigenvalue weighted by molar-refractivity contribution is -0.384. The minimum Gasteiger partial charge on any atom is -0.340 e. The molecule has 1 unspecified atom stereocenters. The van der Waals surface area contributed by atoms with Crippen molar-refractivity contribution in [1.29, 1.82) is 0 Å². The Bertz CT molecular complexity index is 891. The van der Waals surface area contributed by atoms with Gasteiger partial charge in [0, 0.05) is 17.7 Å². The number of amides is 2. The summed E-state index contributed by atoms with van der Waals surface area (Å²) in [5.41, 5.74) is 0.583. The lowest BCUT2D eigenvalue weighted by Gasteiger charge is -2.18. The quantitative estimate of drug-likeness (QED) is 0.517. The zero-order valence-corrected chi connectivity index (χ0v) is 16.2. The molecule has 2 aromatic rings. The number of aryl methyl sites for hydroxylation is 1. The van der Waals surface area contributed by atoms with Crippen LogP contribution in [-0.4, -0.2) is 34.8 Å². The van der Waals surface area contributed by atoms with Crippen LogP contribution >= 0.6 is 11.8 Å². The highest BCUT2D eigenvalue weighted by atomic mass is 32.2. The first-order chi connectivity index (χ1) is 13.3. The molecular formula is C19H20FN3O4S. The molecule has 0 aromatic heterocycles. The second-order valence-electron chi connectivity index (χ2n) is 6.09. The first-order valence-corrected chi connectivity index (χ1v) is 9.82. The van der Waals surface area contributed by atoms with E-state index in [1.165, 1.54) is 42.1 Å². The minimum absolute atomic E-state index is 0.0225. The number of anilines is 1. The zero-order chi connectivity index (χ0) is 20.7. The summed E-state index contributed by atoms with van der Waals surface area (Å²) < 4.78 is 14.0. The third kappa shape index (κ3) is 5.78. The summed E-state index contributed by atoms with van der Waals surface area (Å²) >= 11 is 1.49. The smallest absolute Gasteiger partial charge is 0.270 e. The van der Waals surface area contributed by atoms with Crippen molar-refractivity contribution in [2.24, 2.45) is 0 Å². The van der Waals surface area contributed by atoms with E-state index in [1.54, 1.807) is 13.0 Å². The van der Waals surface area contributed by atoms with Gasteiger partial charge in [0.25, 0.3) is 11.6 Å². The van der Waals surface area contributed by atoms with Gasteiger partial charge in [0.2, 0.25) is 5.91 Å². The van der Waals surface area contributed by atoms with Crippen LogP contribution in [0.15, 0.2) is 42.5 Å². The molecular weight excluding hydrogens is 385 g/mol. The Morgan fingerprint density at radius 2 is 2.00 bits per heavy atom. The van der Waals surface area contributed by atoms with Crippen LogP contribution in [-0.2, 0) is 4.79 Å². The van der Waals surface area contributed by atoms with Crippen LogP contribution in [0.2, 0.25) is 0 Å². The predicted molar refractivity (Wildman–Crippen MR) is 107 cm³/mol. The van der Waals surface area contributed by atoms with Gasteiger partial charge >= 0.3 is 0 Å². The number of rotatable bonds is 8. The molecule has 0 saturated carbocycles. The van der Waals surface area contributed by atoms with Gasteiger partial charge in [-0.15, -0.1) is 0 Å². The summed E-state index contributed by atoms with van der Waals surface area (Å²) in [5.74, 6) is -1.16. The number of carbonyl (C=O) groups is 2. The molecule has 2 rings (SSSR count). The van der Waals surface area contributed by atoms with Gasteiger partial charge in [-0.3, -0.25) is 19.7 Å². The van der Waals surface area contributed by atoms with Crippen LogP contribution < -0.4 is 10.6 Å². The normalized spacial score (nSPS) is 11.5. The zero-order valence-electron chi connectivity index (χ0n) is 15.4. The van der Waals surface area contributed by atoms with E-state index in [-0.39, 0.29) is 16.9 Å². The molecule has 0 spiro atoms. The molecule has 28 heavy (non-hydrogen) atoms. The van der Waals surface area contributed by atoms with Gasteiger partial charge < -0.3 is 10.6 Å². The lowest BCUT2D eigenvalue weighted by Crippen LogP contribution is -2.44. The van der Waals surface area contributed by atoms with Gasteiger partial charge in [0.05, 0.1) is 10.6 Å². The molecule has 1 atom stereocenters. The number of halogens is 1. The second kappa shape index (κ2) is 9.84. The van der Waals surface area contributed by atoms with Crippen molar-refractivity contribution in [3.63, 3.8) is 0 Å². The summed E-state index contributed by atoms with van der Waals surface area (Å²) in [5, 5.41) is 15.9. The molecule has 0 fully saturated rings. The Balaban J connectivity index is 2.15. The van der Waals surface area contributed by atoms with Crippen molar-refractivity contribution in [1.82, 2.24) is 5.32 Å². The molecule has 0 radical (unpaired) electrons. The number of nitrogens with one attached hydrogen (secondary N) is 2. The molecule has 0 aliphatic rings. The third-order valence-corrected chi connectivity index (χ3v) is 4.58. The maximum absolute atomic E-state index is 14.0. The van der Waals surface area contributed by atoms with E-state index < -0.39 is 28.6 Å². The van der Waals surface area contributed by atoms with Gasteiger partial charge in [-0.2, -0.15) is 11.8 Å². The van der Waals surface area contributed by atoms with Crippen LogP contribution in [0.5, 0.6) is 0 Å². The van der Waals surface area contributed by atoms with E-state index in [1.807, 2.05) is 6.26 Å². The molecule has 0 heterocycles. The average molecular weight is 405 g/mol. The molecule has 7 nitrogen and oxygen atoms in total. The number of benzene rings is 2. The number of non-ortho nitro benzene ring substituents is 1. The Hall–Kier alpha value is -2.94. The number of hydrogen-bond donors (Lipinski definition) is 2. The second-order valence-corrected chi connectivity index (χ2v) is 7.07. The molecule has 2 aromatic carbocycles. The highest BCUT2D eigenvalue weighted by Crippen LogP contribution is 2.17. The van der Waals surface area contributed by atoms with Gasteiger partial charge in [-0.1, -0.05) is 12.1 Å². The standard InChI is InChI=1S/C19H20FN3O4S/c1-12-6-7-16(15(20)10-12)21-19(25)17(8-9-28-2)22-18(24)13-4-3-5-14(11-13)23(26)27/h3-7,10-11,17H,8-9H2,1-2H3,(H,21,25)(H,22,24). The third-order valence-electron chi connectivity index (χ3n) is 3.93. The van der Waals surface area contributed by atoms with E-state index >= 15 is 0 Å². The summed E-state index contributed by atoms with van der Waals surface area (Å²) in [7, 11) is 0. The fourth-order valence-corrected chi connectivity index (χ4v) is 2.92. The topological polar surface area (TPSA) is 101 Å². The fraction of sp³-hybridized carbons (Fsp3) is 0.263. The maximum Gasteiger partial charge on any atom is 0.270 e. The van der Waals surface area contributed by atoms with Crippen molar-refractivity contribution in [3.05, 3.63) is 69.5 Å². The molecule has 0 saturated heterocycles. The lowest BCUT2D eigenvalue weighted by atomic mass is 10.1. The van der Waals surface area contributed by atoms with Gasteiger partial charge in [0.15, 0.2) is 0 Å². The van der Waals surface area contributed by atoms with Crippen molar-refractivity contribution in [2.75, 3.05) is 17.3 Å². The number of hydrogen-bond acceptors (Lipinski definition) is 5. The summed E-state index contributed by atoms with van der Waals surface area (Å²) in [6, 6.07) is 8.73. The fourth-order valence-electron chi connectivity index (χ4n) is 2.45. The number of nitro groups is 1. The van der Waals surface area contributed by atoms with Crippen molar-refractivity contribution in [3.8, 4) is 0 Å². The average Bonchev–Trinajstić information content (AvgIpc) is 2.67. The minimum atomic E-state index is -0.917. The molecule has 2 N–H and O–H groups in total. The SMILES string of the molecule is CSCCC(NC(=O)c1cccc([N+](=O)[O-])c1)C(=O)Nc1ccc(C)cc1F. The van der Waals surface area contributed by atoms with E-state index in [0.29, 0.717) is 17.7 Å². The molecule has 0 aliphatic carbocycles. The number of carbonyl (C=O) groups excluding carboxylic acids is 2. The van der Waals surface area contributed by atoms with E-state index in [0.717, 1.165) is 6.07 Å². The number of nitrogens with zero attached hydrogens (tertiary/aromatic N) is 1. The number of thioether (sulfide) groups is 1. The Morgan fingerprint density at radius 3 is 2.64 bits per heavy atom. The summed E-state index contributed by atoms with van der Waals surface area (Å²) in [6.07, 6.45) is 2.18. The molecule has 148 valence electrons.